The summed E-state index contributed by atoms with van der Waals surface area (Å²) < 4.78 is 0. The van der Waals surface area contributed by atoms with E-state index in [-0.39, 0.29) is 0 Å². The predicted molar refractivity (Wildman–Crippen MR) is 66.7 cm³/mol. The highest BCUT2D eigenvalue weighted by Crippen LogP contribution is 2.13. The van der Waals surface area contributed by atoms with Crippen LogP contribution in [0, 0.1) is 0 Å². The molecule has 2 rings (SSSR count). The zero-order valence-electron chi connectivity index (χ0n) is 9.86. The van der Waals surface area contributed by atoms with Crippen molar-refractivity contribution in [2.24, 2.45) is 0 Å². The van der Waals surface area contributed by atoms with Crippen molar-refractivity contribution < 1.29 is 5.11 Å². The van der Waals surface area contributed by atoms with Crippen LogP contribution in [0.5, 0.6) is 5.75 Å². The second-order valence-corrected chi connectivity index (χ2v) is 4.68. The Kier molecular flexibility index (Phi) is 4.23. The van der Waals surface area contributed by atoms with Crippen molar-refractivity contribution in [3.8, 4) is 5.75 Å². The number of benzene rings is 1. The third kappa shape index (κ3) is 3.53. The van der Waals surface area contributed by atoms with Gasteiger partial charge >= 0.3 is 0 Å². The highest BCUT2D eigenvalue weighted by atomic mass is 16.3. The van der Waals surface area contributed by atoms with Gasteiger partial charge < -0.3 is 10.0 Å². The summed E-state index contributed by atoms with van der Waals surface area (Å²) in [6, 6.07) is 7.62. The van der Waals surface area contributed by atoms with Crippen LogP contribution in [0.25, 0.3) is 0 Å². The van der Waals surface area contributed by atoms with E-state index in [1.165, 1.54) is 44.3 Å². The number of phenols is 1. The monoisotopic (exact) mass is 219 g/mol. The number of hydrogen-bond acceptors (Lipinski definition) is 2. The van der Waals surface area contributed by atoms with Gasteiger partial charge in [0.2, 0.25) is 0 Å². The van der Waals surface area contributed by atoms with E-state index in [1.807, 2.05) is 12.1 Å². The molecule has 2 heteroatoms. The van der Waals surface area contributed by atoms with Gasteiger partial charge in [0.25, 0.3) is 0 Å². The van der Waals surface area contributed by atoms with Crippen molar-refractivity contribution in [1.29, 1.82) is 0 Å². The molecule has 1 N–H and O–H groups in total. The van der Waals surface area contributed by atoms with Gasteiger partial charge in [-0.15, -0.1) is 0 Å². The number of aromatic hydroxyl groups is 1. The van der Waals surface area contributed by atoms with Crippen LogP contribution in [0.4, 0.5) is 0 Å². The first-order valence-electron chi connectivity index (χ1n) is 6.35. The summed E-state index contributed by atoms with van der Waals surface area (Å²) in [7, 11) is 0. The second kappa shape index (κ2) is 5.90. The first-order chi connectivity index (χ1) is 7.84. The molecule has 88 valence electrons. The molecule has 1 fully saturated rings. The van der Waals surface area contributed by atoms with E-state index in [2.05, 4.69) is 11.0 Å². The molecular weight excluding hydrogens is 198 g/mol. The number of nitrogens with zero attached hydrogens (tertiary/aromatic N) is 1. The maximum Gasteiger partial charge on any atom is 0.115 e. The summed E-state index contributed by atoms with van der Waals surface area (Å²) in [6.45, 7) is 3.63. The average molecular weight is 219 g/mol. The summed E-state index contributed by atoms with van der Waals surface area (Å²) in [5, 5.41) is 9.38. The molecule has 0 unspecified atom stereocenters. The van der Waals surface area contributed by atoms with Gasteiger partial charge in [0.15, 0.2) is 0 Å². The van der Waals surface area contributed by atoms with Gasteiger partial charge in [-0.2, -0.15) is 0 Å². The highest BCUT2D eigenvalue weighted by molar-refractivity contribution is 5.27. The van der Waals surface area contributed by atoms with Gasteiger partial charge in [0.1, 0.15) is 5.75 Å². The molecule has 1 aliphatic heterocycles. The molecule has 0 atom stereocenters. The summed E-state index contributed by atoms with van der Waals surface area (Å²) in [5.41, 5.74) is 1.24. The van der Waals surface area contributed by atoms with Crippen LogP contribution in [0.15, 0.2) is 24.3 Å². The van der Waals surface area contributed by atoms with Gasteiger partial charge in [-0.1, -0.05) is 25.0 Å². The Morgan fingerprint density at radius 1 is 1.06 bits per heavy atom. The van der Waals surface area contributed by atoms with Gasteiger partial charge in [0, 0.05) is 6.54 Å². The molecule has 1 aliphatic rings. The lowest BCUT2D eigenvalue weighted by atomic mass is 10.1. The Morgan fingerprint density at radius 2 is 1.81 bits per heavy atom. The molecule has 1 aromatic carbocycles. The first kappa shape index (κ1) is 11.5. The normalized spacial score (nSPS) is 18.2. The van der Waals surface area contributed by atoms with Crippen molar-refractivity contribution in [2.75, 3.05) is 19.6 Å². The van der Waals surface area contributed by atoms with E-state index in [1.54, 1.807) is 6.07 Å². The first-order valence-corrected chi connectivity index (χ1v) is 6.35. The van der Waals surface area contributed by atoms with E-state index in [9.17, 15) is 5.11 Å². The molecule has 0 radical (unpaired) electrons. The van der Waals surface area contributed by atoms with E-state index in [0.717, 1.165) is 13.0 Å². The van der Waals surface area contributed by atoms with Crippen LogP contribution in [0.1, 0.15) is 31.2 Å². The SMILES string of the molecule is Oc1cccc(CCN2CCCCCC2)c1. The standard InChI is InChI=1S/C14H21NO/c16-14-7-5-6-13(12-14)8-11-15-9-3-1-2-4-10-15/h5-7,12,16H,1-4,8-11H2. The zero-order valence-corrected chi connectivity index (χ0v) is 9.86. The lowest BCUT2D eigenvalue weighted by Crippen LogP contribution is -2.26. The lowest BCUT2D eigenvalue weighted by molar-refractivity contribution is 0.288. The number of likely N-dealkylation sites (tertiary alicyclic amines) is 1. The van der Waals surface area contributed by atoms with Crippen molar-refractivity contribution >= 4 is 0 Å². The number of hydrogen-bond donors (Lipinski definition) is 1. The molecule has 0 bridgehead atoms. The van der Waals surface area contributed by atoms with E-state index in [4.69, 9.17) is 0 Å². The zero-order chi connectivity index (χ0) is 11.2. The number of phenolic OH excluding ortho intramolecular Hbond substituents is 1. The van der Waals surface area contributed by atoms with Gasteiger partial charge in [-0.25, -0.2) is 0 Å². The Hall–Kier alpha value is -1.02. The molecule has 2 nitrogen and oxygen atoms in total. The lowest BCUT2D eigenvalue weighted by Gasteiger charge is -2.19. The van der Waals surface area contributed by atoms with Crippen LogP contribution in [-0.4, -0.2) is 29.6 Å². The van der Waals surface area contributed by atoms with Crippen LogP contribution < -0.4 is 0 Å². The molecule has 0 saturated carbocycles. The van der Waals surface area contributed by atoms with Crippen LogP contribution in [0.2, 0.25) is 0 Å². The topological polar surface area (TPSA) is 23.5 Å². The molecular formula is C14H21NO. The van der Waals surface area contributed by atoms with Crippen molar-refractivity contribution in [3.63, 3.8) is 0 Å². The average Bonchev–Trinajstić information content (AvgIpc) is 2.55. The minimum absolute atomic E-state index is 0.383. The summed E-state index contributed by atoms with van der Waals surface area (Å²) in [4.78, 5) is 2.55. The summed E-state index contributed by atoms with van der Waals surface area (Å²) in [6.07, 6.45) is 6.53. The summed E-state index contributed by atoms with van der Waals surface area (Å²) >= 11 is 0. The fourth-order valence-corrected chi connectivity index (χ4v) is 2.36. The van der Waals surface area contributed by atoms with Crippen LogP contribution in [-0.2, 0) is 6.42 Å². The van der Waals surface area contributed by atoms with Crippen molar-refractivity contribution in [3.05, 3.63) is 29.8 Å². The van der Waals surface area contributed by atoms with Gasteiger partial charge in [-0.3, -0.25) is 0 Å². The minimum atomic E-state index is 0.383. The Labute approximate surface area is 97.9 Å². The fourth-order valence-electron chi connectivity index (χ4n) is 2.36. The molecule has 0 aromatic heterocycles. The Balaban J connectivity index is 1.81. The highest BCUT2D eigenvalue weighted by Gasteiger charge is 2.08. The molecule has 1 aromatic rings. The smallest absolute Gasteiger partial charge is 0.115 e. The molecule has 0 aliphatic carbocycles. The van der Waals surface area contributed by atoms with Gasteiger partial charge in [-0.05, 0) is 50.0 Å². The Bertz CT molecular complexity index is 316. The van der Waals surface area contributed by atoms with Crippen LogP contribution >= 0.6 is 0 Å². The fraction of sp³-hybridized carbons (Fsp3) is 0.571. The third-order valence-corrected chi connectivity index (χ3v) is 3.33. The van der Waals surface area contributed by atoms with Crippen molar-refractivity contribution in [1.82, 2.24) is 4.90 Å². The molecule has 1 saturated heterocycles. The minimum Gasteiger partial charge on any atom is -0.508 e. The van der Waals surface area contributed by atoms with Crippen molar-refractivity contribution in [2.45, 2.75) is 32.1 Å². The largest absolute Gasteiger partial charge is 0.508 e. The predicted octanol–water partition coefficient (Wildman–Crippen LogP) is 2.81. The molecule has 0 spiro atoms. The third-order valence-electron chi connectivity index (χ3n) is 3.33. The molecule has 1 heterocycles. The maximum atomic E-state index is 9.38. The summed E-state index contributed by atoms with van der Waals surface area (Å²) in [5.74, 6) is 0.383. The second-order valence-electron chi connectivity index (χ2n) is 4.68. The molecule has 16 heavy (non-hydrogen) atoms. The quantitative estimate of drug-likeness (QED) is 0.845. The van der Waals surface area contributed by atoms with E-state index < -0.39 is 0 Å². The molecule has 0 amide bonds. The van der Waals surface area contributed by atoms with Crippen LogP contribution in [0.3, 0.4) is 0 Å². The van der Waals surface area contributed by atoms with E-state index >= 15 is 0 Å². The maximum absolute atomic E-state index is 9.38. The number of rotatable bonds is 3. The van der Waals surface area contributed by atoms with Gasteiger partial charge in [0.05, 0.1) is 0 Å². The Morgan fingerprint density at radius 3 is 2.50 bits per heavy atom. The van der Waals surface area contributed by atoms with E-state index in [0.29, 0.717) is 5.75 Å².